The summed E-state index contributed by atoms with van der Waals surface area (Å²) in [5.41, 5.74) is 10.3. The minimum Gasteiger partial charge on any atom is -0.204 e. The molecule has 114 valence electrons. The maximum absolute atomic E-state index is 9.37. The van der Waals surface area contributed by atoms with Crippen LogP contribution in [0.1, 0.15) is 11.1 Å². The first-order valence-corrected chi connectivity index (χ1v) is 7.51. The lowest BCUT2D eigenvalue weighted by Crippen LogP contribution is -2.12. The second-order valence-corrected chi connectivity index (χ2v) is 5.22. The smallest absolute Gasteiger partial charge is 0.204 e. The third kappa shape index (κ3) is 3.11. The van der Waals surface area contributed by atoms with Crippen LogP contribution in [0, 0.1) is 10.9 Å². The Morgan fingerprint density at radius 1 is 0.708 bits per heavy atom. The molecule has 1 N–H and O–H groups in total. The molecule has 0 atom stereocenters. The maximum atomic E-state index is 9.37. The summed E-state index contributed by atoms with van der Waals surface area (Å²) in [6.07, 6.45) is 0. The molecule has 24 heavy (non-hydrogen) atoms. The molecule has 3 aromatic rings. The van der Waals surface area contributed by atoms with Crippen LogP contribution >= 0.6 is 0 Å². The second-order valence-electron chi connectivity index (χ2n) is 5.22. The summed E-state index contributed by atoms with van der Waals surface area (Å²) in [5, 5.41) is 14.7. The molecule has 0 aliphatic carbocycles. The molecule has 0 saturated carbocycles. The first kappa shape index (κ1) is 15.3. The number of benzene rings is 3. The van der Waals surface area contributed by atoms with Crippen molar-refractivity contribution in [3.8, 4) is 0 Å². The topological polar surface area (TPSA) is 64.4 Å². The number of hydrogen-bond donors (Lipinski definition) is 1. The van der Waals surface area contributed by atoms with E-state index in [1.54, 1.807) is 0 Å². The predicted octanol–water partition coefficient (Wildman–Crippen LogP) is 3.88. The zero-order chi connectivity index (χ0) is 16.8. The Hall–Kier alpha value is -3.58. The highest BCUT2D eigenvalue weighted by Gasteiger charge is 2.14. The average Bonchev–Trinajstić information content (AvgIpc) is 2.66. The predicted molar refractivity (Wildman–Crippen MR) is 93.8 cm³/mol. The van der Waals surface area contributed by atoms with Gasteiger partial charge >= 0.3 is 5.70 Å². The van der Waals surface area contributed by atoms with E-state index in [-0.39, 0.29) is 0 Å². The van der Waals surface area contributed by atoms with E-state index >= 15 is 0 Å². The van der Waals surface area contributed by atoms with Crippen molar-refractivity contribution in [1.82, 2.24) is 0 Å². The molecule has 0 saturated heterocycles. The molecule has 3 rings (SSSR count). The molecule has 0 bridgehead atoms. The first-order valence-electron chi connectivity index (χ1n) is 7.51. The van der Waals surface area contributed by atoms with Gasteiger partial charge in [0, 0.05) is 10.8 Å². The second kappa shape index (κ2) is 7.12. The van der Waals surface area contributed by atoms with Crippen LogP contribution in [0.25, 0.3) is 16.4 Å². The molecule has 4 heteroatoms. The van der Waals surface area contributed by atoms with E-state index in [0.717, 1.165) is 21.6 Å². The Kier molecular flexibility index (Phi) is 4.55. The Bertz CT molecular complexity index is 993. The summed E-state index contributed by atoms with van der Waals surface area (Å²) in [6, 6.07) is 26.6. The van der Waals surface area contributed by atoms with E-state index < -0.39 is 0 Å². The van der Waals surface area contributed by atoms with E-state index in [0.29, 0.717) is 11.4 Å². The van der Waals surface area contributed by atoms with E-state index in [4.69, 9.17) is 5.53 Å². The SMILES string of the molecule is N#[N+]C(c1ccccc1)=c1ccc(=C(N=N)c2ccccc2)cc1. The molecular weight excluding hydrogens is 296 g/mol. The minimum atomic E-state index is 0.506. The minimum absolute atomic E-state index is 0.506. The molecule has 0 aliphatic heterocycles. The van der Waals surface area contributed by atoms with Crippen LogP contribution < -0.4 is 10.4 Å². The van der Waals surface area contributed by atoms with Crippen LogP contribution in [0.5, 0.6) is 0 Å². The van der Waals surface area contributed by atoms with Gasteiger partial charge in [-0.2, -0.15) is 5.11 Å². The van der Waals surface area contributed by atoms with Gasteiger partial charge in [0.1, 0.15) is 0 Å². The molecule has 0 aliphatic rings. The molecular formula is C20H15N4+. The third-order valence-corrected chi connectivity index (χ3v) is 3.74. The lowest BCUT2D eigenvalue weighted by molar-refractivity contribution is 1.14. The fourth-order valence-electron chi connectivity index (χ4n) is 2.56. The van der Waals surface area contributed by atoms with Crippen molar-refractivity contribution in [2.75, 3.05) is 0 Å². The number of nitrogens with zero attached hydrogens (tertiary/aromatic N) is 3. The Labute approximate surface area is 139 Å². The normalized spacial score (nSPS) is 9.79. The van der Waals surface area contributed by atoms with Crippen LogP contribution in [-0.2, 0) is 0 Å². The molecule has 0 heterocycles. The number of diazo groups is 1. The standard InChI is InChI=1S/C20H15N4/c21-23-19(15-7-3-1-4-8-15)17-11-13-18(14-12-17)20(24-22)16-9-5-2-6-10-16/h1-14,21H/q+1. The van der Waals surface area contributed by atoms with Crippen LogP contribution in [-0.4, -0.2) is 0 Å². The number of hydrogen-bond acceptors (Lipinski definition) is 3. The quantitative estimate of drug-likeness (QED) is 0.579. The van der Waals surface area contributed by atoms with Gasteiger partial charge in [-0.15, -0.1) is 0 Å². The van der Waals surface area contributed by atoms with Crippen molar-refractivity contribution >= 4 is 11.4 Å². The van der Waals surface area contributed by atoms with Gasteiger partial charge in [0.15, 0.2) is 4.98 Å². The summed E-state index contributed by atoms with van der Waals surface area (Å²) in [5.74, 6) is 0. The van der Waals surface area contributed by atoms with Gasteiger partial charge < -0.3 is 0 Å². The highest BCUT2D eigenvalue weighted by Crippen LogP contribution is 2.13. The van der Waals surface area contributed by atoms with Crippen LogP contribution in [0.2, 0.25) is 0 Å². The van der Waals surface area contributed by atoms with Crippen molar-refractivity contribution < 1.29 is 0 Å². The van der Waals surface area contributed by atoms with Gasteiger partial charge in [0.25, 0.3) is 0 Å². The van der Waals surface area contributed by atoms with Crippen molar-refractivity contribution in [3.05, 3.63) is 111 Å². The number of nitrogens with one attached hydrogen (secondary N) is 1. The molecule has 0 radical (unpaired) electrons. The van der Waals surface area contributed by atoms with Gasteiger partial charge in [-0.3, -0.25) is 0 Å². The maximum Gasteiger partial charge on any atom is 0.399 e. The zero-order valence-corrected chi connectivity index (χ0v) is 12.9. The highest BCUT2D eigenvalue weighted by molar-refractivity contribution is 5.70. The first-order chi connectivity index (χ1) is 11.8. The van der Waals surface area contributed by atoms with Gasteiger partial charge in [-0.05, 0) is 24.3 Å². The summed E-state index contributed by atoms with van der Waals surface area (Å²) in [4.78, 5) is 3.43. The lowest BCUT2D eigenvalue weighted by atomic mass is 10.1. The molecule has 0 unspecified atom stereocenters. The molecule has 0 amide bonds. The van der Waals surface area contributed by atoms with Gasteiger partial charge in [0.05, 0.1) is 16.5 Å². The Balaban J connectivity index is 2.17. The summed E-state index contributed by atoms with van der Waals surface area (Å²) >= 11 is 0. The van der Waals surface area contributed by atoms with Crippen molar-refractivity contribution in [2.45, 2.75) is 0 Å². The summed E-state index contributed by atoms with van der Waals surface area (Å²) in [7, 11) is 0. The van der Waals surface area contributed by atoms with E-state index in [1.807, 2.05) is 84.9 Å². The summed E-state index contributed by atoms with van der Waals surface area (Å²) in [6.45, 7) is 0. The van der Waals surface area contributed by atoms with Crippen LogP contribution in [0.15, 0.2) is 90.0 Å². The lowest BCUT2D eigenvalue weighted by Gasteiger charge is -1.99. The van der Waals surface area contributed by atoms with Crippen molar-refractivity contribution in [1.29, 1.82) is 10.9 Å². The van der Waals surface area contributed by atoms with E-state index in [1.165, 1.54) is 0 Å². The molecule has 0 aromatic heterocycles. The number of rotatable bonds is 3. The van der Waals surface area contributed by atoms with Gasteiger partial charge in [-0.25, -0.2) is 5.53 Å². The van der Waals surface area contributed by atoms with Crippen molar-refractivity contribution in [2.24, 2.45) is 5.11 Å². The molecule has 4 nitrogen and oxygen atoms in total. The van der Waals surface area contributed by atoms with E-state index in [2.05, 4.69) is 10.1 Å². The molecule has 0 fully saturated rings. The monoisotopic (exact) mass is 311 g/mol. The third-order valence-electron chi connectivity index (χ3n) is 3.74. The summed E-state index contributed by atoms with van der Waals surface area (Å²) < 4.78 is 0. The average molecular weight is 311 g/mol. The van der Waals surface area contributed by atoms with Crippen LogP contribution in [0.4, 0.5) is 0 Å². The zero-order valence-electron chi connectivity index (χ0n) is 12.9. The fourth-order valence-corrected chi connectivity index (χ4v) is 2.56. The molecule has 3 aromatic carbocycles. The van der Waals surface area contributed by atoms with Gasteiger partial charge in [0.2, 0.25) is 5.39 Å². The molecule has 0 spiro atoms. The fraction of sp³-hybridized carbons (Fsp3) is 0. The highest BCUT2D eigenvalue weighted by atomic mass is 15.0. The largest absolute Gasteiger partial charge is 0.399 e. The Morgan fingerprint density at radius 3 is 1.71 bits per heavy atom. The van der Waals surface area contributed by atoms with Gasteiger partial charge in [-0.1, -0.05) is 60.7 Å². The van der Waals surface area contributed by atoms with Crippen LogP contribution in [0.3, 0.4) is 0 Å². The van der Waals surface area contributed by atoms with Crippen molar-refractivity contribution in [3.63, 3.8) is 0 Å². The van der Waals surface area contributed by atoms with E-state index in [9.17, 15) is 5.39 Å². The Morgan fingerprint density at radius 2 is 1.21 bits per heavy atom.